The molecule has 0 aliphatic heterocycles. The Morgan fingerprint density at radius 3 is 2.86 bits per heavy atom. The number of rotatable bonds is 6. The molecule has 0 bridgehead atoms. The summed E-state index contributed by atoms with van der Waals surface area (Å²) in [7, 11) is 1.69. The van der Waals surface area contributed by atoms with E-state index in [4.69, 9.17) is 0 Å². The fourth-order valence-corrected chi connectivity index (χ4v) is 3.68. The first-order valence-electron chi connectivity index (χ1n) is 7.41. The van der Waals surface area contributed by atoms with Gasteiger partial charge in [-0.05, 0) is 32.2 Å². The largest absolute Gasteiger partial charge is 0.390 e. The Kier molecular flexibility index (Phi) is 5.48. The topological polar surface area (TPSA) is 28.2 Å². The van der Waals surface area contributed by atoms with Gasteiger partial charge in [0.1, 0.15) is 0 Å². The monoisotopic (exact) mass is 321 g/mol. The molecule has 1 atom stereocenters. The maximum Gasteiger partial charge on any atom is 0.390 e. The second-order valence-corrected chi connectivity index (χ2v) is 6.50. The second-order valence-electron chi connectivity index (χ2n) is 5.49. The Hall–Kier alpha value is -0.820. The zero-order valence-electron chi connectivity index (χ0n) is 12.5. The molecule has 1 aromatic rings. The van der Waals surface area contributed by atoms with Crippen LogP contribution in [-0.2, 0) is 6.42 Å². The van der Waals surface area contributed by atoms with Gasteiger partial charge in [-0.3, -0.25) is 0 Å². The highest BCUT2D eigenvalue weighted by atomic mass is 32.1. The molecule has 0 fully saturated rings. The van der Waals surface area contributed by atoms with Crippen molar-refractivity contribution in [2.24, 2.45) is 0 Å². The SMILES string of the molecule is CCCNC1CCCc2nc(N(C)CCC(F)(F)F)sc21. The minimum Gasteiger partial charge on any atom is -0.351 e. The fourth-order valence-electron chi connectivity index (χ4n) is 2.47. The van der Waals surface area contributed by atoms with Crippen LogP contribution in [0.25, 0.3) is 0 Å². The Morgan fingerprint density at radius 2 is 2.19 bits per heavy atom. The van der Waals surface area contributed by atoms with Gasteiger partial charge in [0.2, 0.25) is 0 Å². The van der Waals surface area contributed by atoms with Crippen molar-refractivity contribution < 1.29 is 13.2 Å². The maximum atomic E-state index is 12.3. The quantitative estimate of drug-likeness (QED) is 0.861. The van der Waals surface area contributed by atoms with E-state index in [9.17, 15) is 13.2 Å². The molecule has 7 heteroatoms. The highest BCUT2D eigenvalue weighted by Gasteiger charge is 2.29. The van der Waals surface area contributed by atoms with Crippen LogP contribution in [-0.4, -0.2) is 31.3 Å². The molecular formula is C14H22F3N3S. The van der Waals surface area contributed by atoms with Crippen LogP contribution in [0.2, 0.25) is 0 Å². The average Bonchev–Trinajstić information content (AvgIpc) is 2.86. The number of halogens is 3. The summed E-state index contributed by atoms with van der Waals surface area (Å²) in [4.78, 5) is 7.38. The standard InChI is InChI=1S/C14H22F3N3S/c1-3-8-18-10-5-4-6-11-12(10)21-13(19-11)20(2)9-7-14(15,16)17/h10,18H,3-9H2,1-2H3. The lowest BCUT2D eigenvalue weighted by Crippen LogP contribution is -2.24. The van der Waals surface area contributed by atoms with Crippen molar-refractivity contribution in [3.8, 4) is 0 Å². The summed E-state index contributed by atoms with van der Waals surface area (Å²) in [5.41, 5.74) is 1.06. The van der Waals surface area contributed by atoms with Gasteiger partial charge in [-0.15, -0.1) is 0 Å². The summed E-state index contributed by atoms with van der Waals surface area (Å²) >= 11 is 1.54. The van der Waals surface area contributed by atoms with E-state index in [2.05, 4.69) is 17.2 Å². The van der Waals surface area contributed by atoms with Crippen LogP contribution < -0.4 is 10.2 Å². The normalized spacial score (nSPS) is 18.6. The van der Waals surface area contributed by atoms with Gasteiger partial charge in [0.25, 0.3) is 0 Å². The van der Waals surface area contributed by atoms with Crippen LogP contribution >= 0.6 is 11.3 Å². The molecular weight excluding hydrogens is 299 g/mol. The van der Waals surface area contributed by atoms with Crippen LogP contribution in [0.4, 0.5) is 18.3 Å². The number of nitrogens with zero attached hydrogens (tertiary/aromatic N) is 2. The number of alkyl halides is 3. The Morgan fingerprint density at radius 1 is 1.43 bits per heavy atom. The summed E-state index contributed by atoms with van der Waals surface area (Å²) in [6.45, 7) is 3.05. The van der Waals surface area contributed by atoms with Crippen molar-refractivity contribution in [2.75, 3.05) is 25.0 Å². The number of aromatic nitrogens is 1. The van der Waals surface area contributed by atoms with Gasteiger partial charge in [0.05, 0.1) is 12.1 Å². The van der Waals surface area contributed by atoms with Crippen molar-refractivity contribution in [1.29, 1.82) is 0 Å². The van der Waals surface area contributed by atoms with E-state index in [-0.39, 0.29) is 6.54 Å². The third kappa shape index (κ3) is 4.57. The van der Waals surface area contributed by atoms with E-state index < -0.39 is 12.6 Å². The zero-order chi connectivity index (χ0) is 15.5. The molecule has 2 rings (SSSR count). The molecule has 0 saturated heterocycles. The molecule has 0 aromatic carbocycles. The lowest BCUT2D eigenvalue weighted by atomic mass is 9.98. The Bertz CT molecular complexity index is 459. The van der Waals surface area contributed by atoms with Crippen LogP contribution in [0.5, 0.6) is 0 Å². The van der Waals surface area contributed by atoms with E-state index >= 15 is 0 Å². The molecule has 1 unspecified atom stereocenters. The van der Waals surface area contributed by atoms with Crippen LogP contribution in [0.3, 0.4) is 0 Å². The average molecular weight is 321 g/mol. The first-order chi connectivity index (χ1) is 9.90. The van der Waals surface area contributed by atoms with E-state index in [0.29, 0.717) is 11.2 Å². The first kappa shape index (κ1) is 16.5. The molecule has 21 heavy (non-hydrogen) atoms. The number of hydrogen-bond donors (Lipinski definition) is 1. The highest BCUT2D eigenvalue weighted by Crippen LogP contribution is 2.37. The summed E-state index contributed by atoms with van der Waals surface area (Å²) in [5.74, 6) is 0. The van der Waals surface area contributed by atoms with Gasteiger partial charge in [0, 0.05) is 24.5 Å². The summed E-state index contributed by atoms with van der Waals surface area (Å²) in [6, 6.07) is 0.316. The van der Waals surface area contributed by atoms with E-state index in [1.54, 1.807) is 11.9 Å². The lowest BCUT2D eigenvalue weighted by Gasteiger charge is -2.22. The Labute approximate surface area is 127 Å². The van der Waals surface area contributed by atoms with Crippen LogP contribution in [0, 0.1) is 0 Å². The van der Waals surface area contributed by atoms with Crippen molar-refractivity contribution in [2.45, 2.75) is 51.2 Å². The zero-order valence-corrected chi connectivity index (χ0v) is 13.3. The molecule has 1 aliphatic rings. The number of aryl methyl sites for hydroxylation is 1. The van der Waals surface area contributed by atoms with Crippen LogP contribution in [0.15, 0.2) is 0 Å². The van der Waals surface area contributed by atoms with Gasteiger partial charge in [-0.1, -0.05) is 18.3 Å². The fraction of sp³-hybridized carbons (Fsp3) is 0.786. The van der Waals surface area contributed by atoms with Gasteiger partial charge in [-0.2, -0.15) is 13.2 Å². The van der Waals surface area contributed by atoms with E-state index in [1.807, 2.05) is 0 Å². The molecule has 1 heterocycles. The van der Waals surface area contributed by atoms with Crippen molar-refractivity contribution in [3.63, 3.8) is 0 Å². The lowest BCUT2D eigenvalue weighted by molar-refractivity contribution is -0.132. The number of nitrogens with one attached hydrogen (secondary N) is 1. The predicted octanol–water partition coefficient (Wildman–Crippen LogP) is 3.91. The molecule has 3 nitrogen and oxygen atoms in total. The number of anilines is 1. The van der Waals surface area contributed by atoms with E-state index in [1.165, 1.54) is 16.2 Å². The predicted molar refractivity (Wildman–Crippen MR) is 80.0 cm³/mol. The van der Waals surface area contributed by atoms with Crippen molar-refractivity contribution in [3.05, 3.63) is 10.6 Å². The molecule has 0 radical (unpaired) electrons. The second kappa shape index (κ2) is 6.96. The van der Waals surface area contributed by atoms with E-state index in [0.717, 1.165) is 37.9 Å². The summed E-state index contributed by atoms with van der Waals surface area (Å²) < 4.78 is 36.9. The maximum absolute atomic E-state index is 12.3. The van der Waals surface area contributed by atoms with Gasteiger partial charge in [0.15, 0.2) is 5.13 Å². The smallest absolute Gasteiger partial charge is 0.351 e. The molecule has 0 amide bonds. The molecule has 0 spiro atoms. The molecule has 1 aliphatic carbocycles. The van der Waals surface area contributed by atoms with Gasteiger partial charge in [-0.25, -0.2) is 4.98 Å². The minimum absolute atomic E-state index is 0.0387. The number of hydrogen-bond acceptors (Lipinski definition) is 4. The minimum atomic E-state index is -4.11. The first-order valence-corrected chi connectivity index (χ1v) is 8.23. The Balaban J connectivity index is 2.04. The molecule has 0 saturated carbocycles. The summed E-state index contributed by atoms with van der Waals surface area (Å²) in [5, 5.41) is 4.21. The molecule has 1 aromatic heterocycles. The third-order valence-electron chi connectivity index (χ3n) is 3.64. The molecule has 120 valence electrons. The number of fused-ring (bicyclic) bond motifs is 1. The summed E-state index contributed by atoms with van der Waals surface area (Å²) in [6.07, 6.45) is -0.738. The van der Waals surface area contributed by atoms with Crippen LogP contribution in [0.1, 0.15) is 49.2 Å². The molecule has 1 N–H and O–H groups in total. The van der Waals surface area contributed by atoms with Crippen molar-refractivity contribution in [1.82, 2.24) is 10.3 Å². The van der Waals surface area contributed by atoms with Crippen molar-refractivity contribution >= 4 is 16.5 Å². The van der Waals surface area contributed by atoms with Gasteiger partial charge >= 0.3 is 6.18 Å². The number of thiazole rings is 1. The third-order valence-corrected chi connectivity index (χ3v) is 4.96. The van der Waals surface area contributed by atoms with Gasteiger partial charge < -0.3 is 10.2 Å². The highest BCUT2D eigenvalue weighted by molar-refractivity contribution is 7.15.